The van der Waals surface area contributed by atoms with Crippen molar-refractivity contribution in [1.82, 2.24) is 0 Å². The Kier molecular flexibility index (Phi) is 3.02. The van der Waals surface area contributed by atoms with Crippen LogP contribution in [-0.4, -0.2) is 17.4 Å². The molecule has 0 heterocycles. The number of carbonyl (C=O) groups is 2. The third-order valence-corrected chi connectivity index (χ3v) is 2.29. The molecule has 0 amide bonds. The Morgan fingerprint density at radius 1 is 1.50 bits per heavy atom. The second-order valence-corrected chi connectivity index (χ2v) is 3.26. The molecule has 3 nitrogen and oxygen atoms in total. The Bertz CT molecular complexity index is 369. The Morgan fingerprint density at radius 2 is 2.14 bits per heavy atom. The lowest BCUT2D eigenvalue weighted by molar-refractivity contribution is -0.138. The second-order valence-electron chi connectivity index (χ2n) is 3.26. The van der Waals surface area contributed by atoms with Gasteiger partial charge >= 0.3 is 5.97 Å². The molecule has 0 aliphatic carbocycles. The summed E-state index contributed by atoms with van der Waals surface area (Å²) in [6.07, 6.45) is 0.696. The van der Waals surface area contributed by atoms with Crippen molar-refractivity contribution < 1.29 is 14.7 Å². The summed E-state index contributed by atoms with van der Waals surface area (Å²) in [4.78, 5) is 21.5. The molecule has 1 N–H and O–H groups in total. The summed E-state index contributed by atoms with van der Waals surface area (Å²) < 4.78 is 0. The molecule has 0 saturated heterocycles. The van der Waals surface area contributed by atoms with Gasteiger partial charge in [-0.15, -0.1) is 0 Å². The normalized spacial score (nSPS) is 12.1. The van der Waals surface area contributed by atoms with Gasteiger partial charge in [-0.3, -0.25) is 9.59 Å². The largest absolute Gasteiger partial charge is 0.481 e. The topological polar surface area (TPSA) is 54.4 Å². The number of carbonyl (C=O) groups excluding carboxylic acids is 1. The van der Waals surface area contributed by atoms with Crippen molar-refractivity contribution in [3.05, 3.63) is 34.9 Å². The Morgan fingerprint density at radius 3 is 2.64 bits per heavy atom. The van der Waals surface area contributed by atoms with Crippen LogP contribution < -0.4 is 0 Å². The predicted octanol–water partition coefficient (Wildman–Crippen LogP) is 2.00. The molecule has 1 rings (SSSR count). The number of hydrogen-bond donors (Lipinski definition) is 1. The van der Waals surface area contributed by atoms with Crippen LogP contribution in [0.3, 0.4) is 0 Å². The summed E-state index contributed by atoms with van der Waals surface area (Å²) in [5, 5.41) is 8.86. The summed E-state index contributed by atoms with van der Waals surface area (Å²) in [7, 11) is 0. The molecule has 1 unspecified atom stereocenters. The molecule has 0 radical (unpaired) electrons. The van der Waals surface area contributed by atoms with Crippen LogP contribution in [0.5, 0.6) is 0 Å². The molecule has 0 spiro atoms. The molecule has 0 aliphatic rings. The van der Waals surface area contributed by atoms with Crippen LogP contribution in [0.15, 0.2) is 18.2 Å². The molecule has 1 atom stereocenters. The first-order valence-electron chi connectivity index (χ1n) is 4.35. The SMILES string of the molecule is Cc1cccc(C=O)c1C(C)C(=O)O. The summed E-state index contributed by atoms with van der Waals surface area (Å²) in [5.74, 6) is -1.56. The van der Waals surface area contributed by atoms with Crippen molar-refractivity contribution in [1.29, 1.82) is 0 Å². The zero-order valence-corrected chi connectivity index (χ0v) is 8.15. The molecule has 0 aliphatic heterocycles. The number of aldehydes is 1. The van der Waals surface area contributed by atoms with Crippen LogP contribution in [0.4, 0.5) is 0 Å². The van der Waals surface area contributed by atoms with Crippen molar-refractivity contribution in [2.45, 2.75) is 19.8 Å². The highest BCUT2D eigenvalue weighted by molar-refractivity contribution is 5.84. The third-order valence-electron chi connectivity index (χ3n) is 2.29. The summed E-state index contributed by atoms with van der Waals surface area (Å²) in [5.41, 5.74) is 1.90. The average Bonchev–Trinajstić information content (AvgIpc) is 2.16. The van der Waals surface area contributed by atoms with E-state index < -0.39 is 11.9 Å². The number of rotatable bonds is 3. The van der Waals surface area contributed by atoms with E-state index in [-0.39, 0.29) is 0 Å². The van der Waals surface area contributed by atoms with E-state index in [9.17, 15) is 9.59 Å². The minimum absolute atomic E-state index is 0.458. The van der Waals surface area contributed by atoms with Gasteiger partial charge in [0.1, 0.15) is 6.29 Å². The fraction of sp³-hybridized carbons (Fsp3) is 0.273. The highest BCUT2D eigenvalue weighted by Gasteiger charge is 2.18. The first-order chi connectivity index (χ1) is 6.57. The molecule has 1 aromatic carbocycles. The maximum absolute atomic E-state index is 10.8. The van der Waals surface area contributed by atoms with E-state index in [0.717, 1.165) is 5.56 Å². The van der Waals surface area contributed by atoms with Crippen molar-refractivity contribution in [2.24, 2.45) is 0 Å². The van der Waals surface area contributed by atoms with E-state index in [1.54, 1.807) is 19.1 Å². The first-order valence-corrected chi connectivity index (χ1v) is 4.35. The van der Waals surface area contributed by atoms with Gasteiger partial charge in [-0.25, -0.2) is 0 Å². The first kappa shape index (κ1) is 10.4. The second kappa shape index (κ2) is 4.05. The highest BCUT2D eigenvalue weighted by Crippen LogP contribution is 2.22. The van der Waals surface area contributed by atoms with Gasteiger partial charge in [0.15, 0.2) is 0 Å². The summed E-state index contributed by atoms with van der Waals surface area (Å²) >= 11 is 0. The fourth-order valence-electron chi connectivity index (χ4n) is 1.52. The zero-order valence-electron chi connectivity index (χ0n) is 8.15. The van der Waals surface area contributed by atoms with Gasteiger partial charge in [0, 0.05) is 5.56 Å². The van der Waals surface area contributed by atoms with Crippen LogP contribution in [-0.2, 0) is 4.79 Å². The third kappa shape index (κ3) is 1.82. The van der Waals surface area contributed by atoms with Crippen molar-refractivity contribution in [3.63, 3.8) is 0 Å². The number of benzene rings is 1. The number of carboxylic acids is 1. The summed E-state index contributed by atoms with van der Waals surface area (Å²) in [6, 6.07) is 5.19. The van der Waals surface area contributed by atoms with Gasteiger partial charge in [-0.05, 0) is 25.0 Å². The van der Waals surface area contributed by atoms with Gasteiger partial charge in [-0.2, -0.15) is 0 Å². The highest BCUT2D eigenvalue weighted by atomic mass is 16.4. The Labute approximate surface area is 82.4 Å². The average molecular weight is 192 g/mol. The maximum Gasteiger partial charge on any atom is 0.310 e. The molecule has 0 fully saturated rings. The standard InChI is InChI=1S/C11H12O3/c1-7-4-3-5-9(6-12)10(7)8(2)11(13)14/h3-6,8H,1-2H3,(H,13,14). The quantitative estimate of drug-likeness (QED) is 0.745. The molecule has 3 heteroatoms. The number of aliphatic carboxylic acids is 1. The summed E-state index contributed by atoms with van der Waals surface area (Å²) in [6.45, 7) is 3.39. The molecule has 0 bridgehead atoms. The monoisotopic (exact) mass is 192 g/mol. The van der Waals surface area contributed by atoms with Crippen molar-refractivity contribution >= 4 is 12.3 Å². The van der Waals surface area contributed by atoms with Crippen LogP contribution in [0.25, 0.3) is 0 Å². The van der Waals surface area contributed by atoms with Crippen molar-refractivity contribution in [3.8, 4) is 0 Å². The lowest BCUT2D eigenvalue weighted by Gasteiger charge is -2.12. The van der Waals surface area contributed by atoms with Gasteiger partial charge in [0.2, 0.25) is 0 Å². The predicted molar refractivity (Wildman–Crippen MR) is 52.6 cm³/mol. The lowest BCUT2D eigenvalue weighted by atomic mass is 9.92. The van der Waals surface area contributed by atoms with Crippen molar-refractivity contribution in [2.75, 3.05) is 0 Å². The molecule has 0 saturated carbocycles. The smallest absolute Gasteiger partial charge is 0.310 e. The van der Waals surface area contributed by atoms with E-state index in [4.69, 9.17) is 5.11 Å². The minimum Gasteiger partial charge on any atom is -0.481 e. The molecule has 14 heavy (non-hydrogen) atoms. The van der Waals surface area contributed by atoms with Gasteiger partial charge in [0.25, 0.3) is 0 Å². The minimum atomic E-state index is -0.914. The van der Waals surface area contributed by atoms with Crippen LogP contribution in [0.2, 0.25) is 0 Å². The van der Waals surface area contributed by atoms with E-state index in [2.05, 4.69) is 0 Å². The lowest BCUT2D eigenvalue weighted by Crippen LogP contribution is -2.11. The number of hydrogen-bond acceptors (Lipinski definition) is 2. The van der Waals surface area contributed by atoms with E-state index >= 15 is 0 Å². The molecule has 1 aromatic rings. The Hall–Kier alpha value is -1.64. The number of aryl methyl sites for hydroxylation is 1. The molecular weight excluding hydrogens is 180 g/mol. The van der Waals surface area contributed by atoms with Gasteiger partial charge in [-0.1, -0.05) is 18.2 Å². The van der Waals surface area contributed by atoms with E-state index in [0.29, 0.717) is 17.4 Å². The zero-order chi connectivity index (χ0) is 10.7. The molecule has 74 valence electrons. The van der Waals surface area contributed by atoms with Crippen LogP contribution >= 0.6 is 0 Å². The Balaban J connectivity index is 3.30. The maximum atomic E-state index is 10.8. The van der Waals surface area contributed by atoms with E-state index in [1.165, 1.54) is 0 Å². The van der Waals surface area contributed by atoms with E-state index in [1.807, 2.05) is 13.0 Å². The van der Waals surface area contributed by atoms with Crippen LogP contribution in [0, 0.1) is 6.92 Å². The number of carboxylic acid groups (broad SMARTS) is 1. The van der Waals surface area contributed by atoms with Gasteiger partial charge < -0.3 is 5.11 Å². The van der Waals surface area contributed by atoms with Gasteiger partial charge in [0.05, 0.1) is 5.92 Å². The fourth-order valence-corrected chi connectivity index (χ4v) is 1.52. The molecule has 0 aromatic heterocycles. The van der Waals surface area contributed by atoms with Crippen LogP contribution in [0.1, 0.15) is 34.3 Å². The molecular formula is C11H12O3.